The summed E-state index contributed by atoms with van der Waals surface area (Å²) < 4.78 is 0. The molecule has 0 aromatic heterocycles. The molecule has 1 N–H and O–H groups in total. The van der Waals surface area contributed by atoms with Gasteiger partial charge < -0.3 is 5.11 Å². The number of rotatable bonds is 27. The van der Waals surface area contributed by atoms with Gasteiger partial charge >= 0.3 is 0 Å². The fraction of sp³-hybridized carbons (Fsp3) is 1.00. The van der Waals surface area contributed by atoms with Crippen molar-refractivity contribution < 1.29 is 5.11 Å². The van der Waals surface area contributed by atoms with Gasteiger partial charge in [0.25, 0.3) is 0 Å². The number of hydrogen-bond donors (Lipinski definition) is 1. The highest BCUT2D eigenvalue weighted by Gasteiger charge is 2.03. The summed E-state index contributed by atoms with van der Waals surface area (Å²) in [5, 5.41) is 9.94. The lowest BCUT2D eigenvalue weighted by atomic mass is 10.0. The lowest BCUT2D eigenvalue weighted by Crippen LogP contribution is -2.05. The zero-order valence-corrected chi connectivity index (χ0v) is 22.1. The summed E-state index contributed by atoms with van der Waals surface area (Å²) in [6.07, 6.45) is 37.4. The molecule has 0 bridgehead atoms. The Kier molecular flexibility index (Phi) is 28.0. The van der Waals surface area contributed by atoms with Gasteiger partial charge in [-0.25, -0.2) is 0 Å². The van der Waals surface area contributed by atoms with Crippen molar-refractivity contribution in [1.82, 2.24) is 0 Å². The van der Waals surface area contributed by atoms with Gasteiger partial charge in [0.05, 0.1) is 6.10 Å². The van der Waals surface area contributed by atoms with Crippen molar-refractivity contribution in [3.05, 3.63) is 0 Å². The zero-order chi connectivity index (χ0) is 22.7. The minimum atomic E-state index is -0.0309. The first-order chi connectivity index (χ1) is 15.3. The number of hydrogen-bond acceptors (Lipinski definition) is 1. The second-order valence-electron chi connectivity index (χ2n) is 10.4. The van der Waals surface area contributed by atoms with Crippen molar-refractivity contribution in [2.45, 2.75) is 193 Å². The van der Waals surface area contributed by atoms with E-state index in [0.29, 0.717) is 0 Å². The van der Waals surface area contributed by atoms with Gasteiger partial charge in [0.1, 0.15) is 0 Å². The Morgan fingerprint density at radius 3 is 0.806 bits per heavy atom. The van der Waals surface area contributed by atoms with Crippen molar-refractivity contribution in [3.8, 4) is 0 Å². The third kappa shape index (κ3) is 27.9. The van der Waals surface area contributed by atoms with Gasteiger partial charge in [0.15, 0.2) is 0 Å². The van der Waals surface area contributed by atoms with Crippen molar-refractivity contribution in [2.24, 2.45) is 0 Å². The summed E-state index contributed by atoms with van der Waals surface area (Å²) in [6.45, 7) is 4.53. The van der Waals surface area contributed by atoms with Crippen LogP contribution in [0.1, 0.15) is 187 Å². The zero-order valence-electron chi connectivity index (χ0n) is 22.1. The van der Waals surface area contributed by atoms with Gasteiger partial charge in [-0.1, -0.05) is 174 Å². The molecular formula is C30H62O. The highest BCUT2D eigenvalue weighted by atomic mass is 16.3. The van der Waals surface area contributed by atoms with Crippen molar-refractivity contribution in [1.29, 1.82) is 0 Å². The Hall–Kier alpha value is -0.0400. The van der Waals surface area contributed by atoms with Crippen LogP contribution in [0.5, 0.6) is 0 Å². The number of aliphatic hydroxyl groups is 1. The van der Waals surface area contributed by atoms with Gasteiger partial charge in [-0.3, -0.25) is 0 Å². The Morgan fingerprint density at radius 2 is 0.516 bits per heavy atom. The second kappa shape index (κ2) is 28.0. The van der Waals surface area contributed by atoms with Gasteiger partial charge in [0.2, 0.25) is 0 Å². The first-order valence-corrected chi connectivity index (χ1v) is 15.0. The maximum atomic E-state index is 9.94. The summed E-state index contributed by atoms with van der Waals surface area (Å²) in [4.78, 5) is 0. The molecule has 0 aromatic carbocycles. The van der Waals surface area contributed by atoms with Crippen LogP contribution in [0, 0.1) is 0 Å². The van der Waals surface area contributed by atoms with Crippen LogP contribution in [0.3, 0.4) is 0 Å². The predicted molar refractivity (Wildman–Crippen MR) is 142 cm³/mol. The molecule has 1 heteroatoms. The Balaban J connectivity index is 3.05. The third-order valence-corrected chi connectivity index (χ3v) is 7.03. The lowest BCUT2D eigenvalue weighted by Gasteiger charge is -2.09. The summed E-state index contributed by atoms with van der Waals surface area (Å²) in [5.41, 5.74) is 0. The normalized spacial score (nSPS) is 12.5. The van der Waals surface area contributed by atoms with E-state index in [0.717, 1.165) is 12.8 Å². The standard InChI is InChI=1S/C30H62O/c1-3-5-7-8-9-10-11-12-13-14-15-16-17-18-19-20-21-22-23-24-25-27-29-30(31)28-26-6-4-2/h30-31H,3-29H2,1-2H3. The third-order valence-electron chi connectivity index (χ3n) is 7.03. The quantitative estimate of drug-likeness (QED) is 0.126. The highest BCUT2D eigenvalue weighted by molar-refractivity contribution is 4.57. The smallest absolute Gasteiger partial charge is 0.0540 e. The molecule has 0 rings (SSSR count). The molecule has 188 valence electrons. The lowest BCUT2D eigenvalue weighted by molar-refractivity contribution is 0.147. The minimum Gasteiger partial charge on any atom is -0.393 e. The van der Waals surface area contributed by atoms with E-state index in [4.69, 9.17) is 0 Å². The highest BCUT2D eigenvalue weighted by Crippen LogP contribution is 2.16. The minimum absolute atomic E-state index is 0.0309. The molecule has 0 heterocycles. The molecule has 0 aliphatic rings. The Labute approximate surface area is 198 Å². The topological polar surface area (TPSA) is 20.2 Å². The molecule has 1 unspecified atom stereocenters. The molecule has 1 atom stereocenters. The van der Waals surface area contributed by atoms with Crippen LogP contribution in [-0.2, 0) is 0 Å². The van der Waals surface area contributed by atoms with Crippen LogP contribution >= 0.6 is 0 Å². The van der Waals surface area contributed by atoms with Gasteiger partial charge in [-0.05, 0) is 12.8 Å². The summed E-state index contributed by atoms with van der Waals surface area (Å²) in [5.74, 6) is 0. The van der Waals surface area contributed by atoms with E-state index in [1.54, 1.807) is 0 Å². The van der Waals surface area contributed by atoms with Crippen LogP contribution in [0.2, 0.25) is 0 Å². The van der Waals surface area contributed by atoms with E-state index < -0.39 is 0 Å². The van der Waals surface area contributed by atoms with E-state index >= 15 is 0 Å². The number of unbranched alkanes of at least 4 members (excludes halogenated alkanes) is 23. The molecule has 0 aromatic rings. The molecule has 0 saturated carbocycles. The van der Waals surface area contributed by atoms with E-state index in [1.165, 1.54) is 161 Å². The molecular weight excluding hydrogens is 376 g/mol. The van der Waals surface area contributed by atoms with Crippen molar-refractivity contribution in [2.75, 3.05) is 0 Å². The Morgan fingerprint density at radius 1 is 0.323 bits per heavy atom. The van der Waals surface area contributed by atoms with Crippen molar-refractivity contribution in [3.63, 3.8) is 0 Å². The largest absolute Gasteiger partial charge is 0.393 e. The molecule has 1 nitrogen and oxygen atoms in total. The molecule has 0 amide bonds. The average molecular weight is 439 g/mol. The molecule has 0 radical (unpaired) electrons. The average Bonchev–Trinajstić information content (AvgIpc) is 2.77. The molecule has 0 aliphatic carbocycles. The van der Waals surface area contributed by atoms with E-state index in [2.05, 4.69) is 13.8 Å². The molecule has 0 aliphatic heterocycles. The van der Waals surface area contributed by atoms with Crippen LogP contribution < -0.4 is 0 Å². The monoisotopic (exact) mass is 438 g/mol. The summed E-state index contributed by atoms with van der Waals surface area (Å²) in [6, 6.07) is 0. The molecule has 0 saturated heterocycles. The van der Waals surface area contributed by atoms with Crippen molar-refractivity contribution >= 4 is 0 Å². The van der Waals surface area contributed by atoms with Gasteiger partial charge in [-0.15, -0.1) is 0 Å². The predicted octanol–water partition coefficient (Wildman–Crippen LogP) is 10.9. The molecule has 31 heavy (non-hydrogen) atoms. The SMILES string of the molecule is CCCCCCCCCCCCCCCCCCCCCCCCC(O)CCCCC. The molecule has 0 fully saturated rings. The maximum absolute atomic E-state index is 9.94. The van der Waals surface area contributed by atoms with Crippen LogP contribution in [0.25, 0.3) is 0 Å². The fourth-order valence-corrected chi connectivity index (χ4v) is 4.76. The molecule has 0 spiro atoms. The van der Waals surface area contributed by atoms with Crippen LogP contribution in [0.15, 0.2) is 0 Å². The Bertz CT molecular complexity index is 301. The van der Waals surface area contributed by atoms with E-state index in [-0.39, 0.29) is 6.10 Å². The van der Waals surface area contributed by atoms with Gasteiger partial charge in [-0.2, -0.15) is 0 Å². The maximum Gasteiger partial charge on any atom is 0.0540 e. The van der Waals surface area contributed by atoms with Gasteiger partial charge in [0, 0.05) is 0 Å². The number of aliphatic hydroxyl groups excluding tert-OH is 1. The van der Waals surface area contributed by atoms with E-state index in [9.17, 15) is 5.11 Å². The van der Waals surface area contributed by atoms with Crippen LogP contribution in [0.4, 0.5) is 0 Å². The first-order valence-electron chi connectivity index (χ1n) is 15.0. The van der Waals surface area contributed by atoms with E-state index in [1.807, 2.05) is 0 Å². The van der Waals surface area contributed by atoms with Crippen LogP contribution in [-0.4, -0.2) is 11.2 Å². The fourth-order valence-electron chi connectivity index (χ4n) is 4.76. The second-order valence-corrected chi connectivity index (χ2v) is 10.4. The summed E-state index contributed by atoms with van der Waals surface area (Å²) in [7, 11) is 0. The summed E-state index contributed by atoms with van der Waals surface area (Å²) >= 11 is 0. The first kappa shape index (κ1) is 31.0.